The van der Waals surface area contributed by atoms with Crippen molar-refractivity contribution in [3.63, 3.8) is 0 Å². The van der Waals surface area contributed by atoms with Crippen LogP contribution in [-0.2, 0) is 6.18 Å². The third-order valence-corrected chi connectivity index (χ3v) is 4.97. The predicted molar refractivity (Wildman–Crippen MR) is 110 cm³/mol. The van der Waals surface area contributed by atoms with E-state index in [0.29, 0.717) is 36.7 Å². The van der Waals surface area contributed by atoms with Gasteiger partial charge in [-0.2, -0.15) is 23.7 Å². The smallest absolute Gasteiger partial charge is 0.416 e. The van der Waals surface area contributed by atoms with Crippen molar-refractivity contribution in [1.29, 1.82) is 10.5 Å². The van der Waals surface area contributed by atoms with Crippen LogP contribution in [0, 0.1) is 22.7 Å². The zero-order chi connectivity index (χ0) is 22.9. The van der Waals surface area contributed by atoms with Gasteiger partial charge in [-0.1, -0.05) is 12.1 Å². The number of ether oxygens (including phenoxy) is 2. The van der Waals surface area contributed by atoms with Gasteiger partial charge in [-0.05, 0) is 35.9 Å². The first-order valence-corrected chi connectivity index (χ1v) is 9.55. The molecule has 0 saturated heterocycles. The summed E-state index contributed by atoms with van der Waals surface area (Å²) in [6.07, 6.45) is -3.80. The summed E-state index contributed by atoms with van der Waals surface area (Å²) >= 11 is 0. The van der Waals surface area contributed by atoms with Crippen molar-refractivity contribution in [1.82, 2.24) is 4.98 Å². The molecule has 160 valence electrons. The van der Waals surface area contributed by atoms with Crippen LogP contribution in [0.5, 0.6) is 11.5 Å². The number of nitrogens with zero attached hydrogens (tertiary/aromatic N) is 3. The molecule has 1 aromatic heterocycles. The third kappa shape index (κ3) is 3.77. The molecule has 0 amide bonds. The Morgan fingerprint density at radius 3 is 2.12 bits per heavy atom. The van der Waals surface area contributed by atoms with E-state index in [2.05, 4.69) is 4.98 Å². The lowest BCUT2D eigenvalue weighted by atomic mass is 9.92. The monoisotopic (exact) mass is 436 g/mol. The van der Waals surface area contributed by atoms with E-state index in [1.54, 1.807) is 18.2 Å². The van der Waals surface area contributed by atoms with E-state index >= 15 is 0 Å². The maximum absolute atomic E-state index is 13.0. The molecule has 1 aliphatic rings. The summed E-state index contributed by atoms with van der Waals surface area (Å²) in [6, 6.07) is 13.2. The van der Waals surface area contributed by atoms with E-state index in [1.807, 2.05) is 12.1 Å². The first kappa shape index (κ1) is 21.0. The Morgan fingerprint density at radius 1 is 0.875 bits per heavy atom. The summed E-state index contributed by atoms with van der Waals surface area (Å²) in [5.74, 6) is 0.891. The number of benzene rings is 2. The second-order valence-electron chi connectivity index (χ2n) is 6.98. The third-order valence-electron chi connectivity index (χ3n) is 4.97. The first-order chi connectivity index (χ1) is 15.3. The molecule has 0 bridgehead atoms. The Hall–Kier alpha value is -4.24. The summed E-state index contributed by atoms with van der Waals surface area (Å²) in [4.78, 5) is 4.26. The summed E-state index contributed by atoms with van der Waals surface area (Å²) in [5.41, 5.74) is 6.16. The minimum Gasteiger partial charge on any atom is -0.490 e. The number of hydrogen-bond donors (Lipinski definition) is 1. The maximum atomic E-state index is 13.0. The van der Waals surface area contributed by atoms with Crippen LogP contribution >= 0.6 is 0 Å². The molecule has 4 rings (SSSR count). The average molecular weight is 436 g/mol. The fourth-order valence-corrected chi connectivity index (χ4v) is 3.46. The number of rotatable bonds is 2. The molecule has 2 heterocycles. The number of aromatic nitrogens is 1. The van der Waals surface area contributed by atoms with E-state index < -0.39 is 11.7 Å². The molecule has 0 spiro atoms. The van der Waals surface area contributed by atoms with Crippen LogP contribution in [0.2, 0.25) is 0 Å². The highest BCUT2D eigenvalue weighted by atomic mass is 19.4. The van der Waals surface area contributed by atoms with Gasteiger partial charge in [-0.3, -0.25) is 0 Å². The van der Waals surface area contributed by atoms with Crippen LogP contribution in [-0.4, -0.2) is 18.2 Å². The van der Waals surface area contributed by atoms with Crippen LogP contribution in [0.4, 0.5) is 19.0 Å². The lowest BCUT2D eigenvalue weighted by molar-refractivity contribution is -0.137. The van der Waals surface area contributed by atoms with Crippen LogP contribution in [0.25, 0.3) is 22.4 Å². The number of fused-ring (bicyclic) bond motifs is 1. The summed E-state index contributed by atoms with van der Waals surface area (Å²) in [5, 5.41) is 19.5. The van der Waals surface area contributed by atoms with Crippen molar-refractivity contribution in [3.8, 4) is 46.0 Å². The fraction of sp³-hybridized carbons (Fsp3) is 0.174. The number of nitrogen functional groups attached to an aromatic ring is 1. The van der Waals surface area contributed by atoms with Crippen LogP contribution < -0.4 is 15.2 Å². The number of nitrogens with two attached hydrogens (primary N) is 1. The van der Waals surface area contributed by atoms with Gasteiger partial charge in [0.1, 0.15) is 23.5 Å². The summed E-state index contributed by atoms with van der Waals surface area (Å²) < 4.78 is 50.2. The van der Waals surface area contributed by atoms with Gasteiger partial charge in [-0.25, -0.2) is 4.98 Å². The quantitative estimate of drug-likeness (QED) is 0.611. The van der Waals surface area contributed by atoms with Gasteiger partial charge in [0, 0.05) is 17.5 Å². The van der Waals surface area contributed by atoms with Crippen molar-refractivity contribution >= 4 is 5.82 Å². The molecule has 3 aromatic rings. The second kappa shape index (κ2) is 8.12. The van der Waals surface area contributed by atoms with Crippen LogP contribution in [0.1, 0.15) is 23.1 Å². The maximum Gasteiger partial charge on any atom is 0.416 e. The van der Waals surface area contributed by atoms with Crippen LogP contribution in [0.3, 0.4) is 0 Å². The van der Waals surface area contributed by atoms with E-state index in [4.69, 9.17) is 15.2 Å². The van der Waals surface area contributed by atoms with Crippen molar-refractivity contribution in [2.45, 2.75) is 12.6 Å². The molecule has 1 aliphatic heterocycles. The number of alkyl halides is 3. The van der Waals surface area contributed by atoms with Gasteiger partial charge >= 0.3 is 6.18 Å². The first-order valence-electron chi connectivity index (χ1n) is 9.55. The normalized spacial score (nSPS) is 13.0. The Labute approximate surface area is 181 Å². The Balaban J connectivity index is 1.92. The topological polar surface area (TPSA) is 105 Å². The predicted octanol–water partition coefficient (Wildman–Crippen LogP) is 4.92. The highest BCUT2D eigenvalue weighted by molar-refractivity contribution is 5.87. The van der Waals surface area contributed by atoms with Gasteiger partial charge < -0.3 is 15.2 Å². The lowest BCUT2D eigenvalue weighted by Crippen LogP contribution is -2.06. The number of pyridine rings is 1. The molecule has 0 radical (unpaired) electrons. The molecular formula is C23H15F3N4O2. The highest BCUT2D eigenvalue weighted by Gasteiger charge is 2.30. The zero-order valence-corrected chi connectivity index (χ0v) is 16.5. The van der Waals surface area contributed by atoms with Gasteiger partial charge in [0.05, 0.1) is 30.0 Å². The average Bonchev–Trinajstić information content (AvgIpc) is 3.02. The standard InChI is InChI=1S/C23H15F3N4O2/c24-23(25,26)15-5-2-13(3-6-15)20-16(11-27)21(30-22(29)17(20)12-28)14-4-7-18-19(10-14)32-9-1-8-31-18/h2-7,10H,1,8-9H2,(H2,29,30). The fourth-order valence-electron chi connectivity index (χ4n) is 3.46. The van der Waals surface area contributed by atoms with E-state index in [1.165, 1.54) is 12.1 Å². The SMILES string of the molecule is N#Cc1c(N)nc(-c2ccc3c(c2)OCCCO3)c(C#N)c1-c1ccc(C(F)(F)F)cc1. The molecule has 9 heteroatoms. The van der Waals surface area contributed by atoms with Gasteiger partial charge in [0.25, 0.3) is 0 Å². The van der Waals surface area contributed by atoms with E-state index in [0.717, 1.165) is 12.1 Å². The molecule has 0 saturated carbocycles. The molecule has 32 heavy (non-hydrogen) atoms. The van der Waals surface area contributed by atoms with Gasteiger partial charge in [0.2, 0.25) is 0 Å². The van der Waals surface area contributed by atoms with Crippen molar-refractivity contribution in [2.75, 3.05) is 18.9 Å². The zero-order valence-electron chi connectivity index (χ0n) is 16.5. The summed E-state index contributed by atoms with van der Waals surface area (Å²) in [7, 11) is 0. The molecule has 0 unspecified atom stereocenters. The Morgan fingerprint density at radius 2 is 1.50 bits per heavy atom. The molecule has 2 N–H and O–H groups in total. The van der Waals surface area contributed by atoms with Crippen molar-refractivity contribution in [3.05, 3.63) is 59.2 Å². The number of anilines is 1. The molecular weight excluding hydrogens is 421 g/mol. The van der Waals surface area contributed by atoms with Gasteiger partial charge in [-0.15, -0.1) is 0 Å². The van der Waals surface area contributed by atoms with E-state index in [-0.39, 0.29) is 33.8 Å². The van der Waals surface area contributed by atoms with E-state index in [9.17, 15) is 23.7 Å². The Bertz CT molecular complexity index is 1270. The summed E-state index contributed by atoms with van der Waals surface area (Å²) in [6.45, 7) is 0.969. The molecule has 0 aliphatic carbocycles. The second-order valence-corrected chi connectivity index (χ2v) is 6.98. The Kier molecular flexibility index (Phi) is 5.33. The number of halogens is 3. The van der Waals surface area contributed by atoms with Crippen LogP contribution in [0.15, 0.2) is 42.5 Å². The van der Waals surface area contributed by atoms with Crippen molar-refractivity contribution < 1.29 is 22.6 Å². The largest absolute Gasteiger partial charge is 0.490 e. The lowest BCUT2D eigenvalue weighted by Gasteiger charge is -2.15. The van der Waals surface area contributed by atoms with Gasteiger partial charge in [0.15, 0.2) is 11.5 Å². The number of hydrogen-bond acceptors (Lipinski definition) is 6. The molecule has 6 nitrogen and oxygen atoms in total. The molecule has 0 fully saturated rings. The molecule has 2 aromatic carbocycles. The highest BCUT2D eigenvalue weighted by Crippen LogP contribution is 2.40. The minimum absolute atomic E-state index is 0.0185. The molecule has 0 atom stereocenters. The van der Waals surface area contributed by atoms with Crippen molar-refractivity contribution in [2.24, 2.45) is 0 Å². The minimum atomic E-state index is -4.51. The number of nitriles is 2.